The Morgan fingerprint density at radius 1 is 1.27 bits per heavy atom. The predicted molar refractivity (Wildman–Crippen MR) is 85.4 cm³/mol. The van der Waals surface area contributed by atoms with Crippen LogP contribution < -0.4 is 0 Å². The van der Waals surface area contributed by atoms with Gasteiger partial charge in [-0.3, -0.25) is 9.59 Å². The number of hydrogen-bond acceptors (Lipinski definition) is 3. The number of benzene rings is 1. The van der Waals surface area contributed by atoms with Crippen molar-refractivity contribution >= 4 is 11.9 Å². The molecule has 1 fully saturated rings. The fraction of sp³-hybridized carbons (Fsp3) is 0.556. The summed E-state index contributed by atoms with van der Waals surface area (Å²) in [6, 6.07) is 8.09. The number of amides is 1. The van der Waals surface area contributed by atoms with Crippen LogP contribution in [0.1, 0.15) is 37.3 Å². The topological polar surface area (TPSA) is 46.6 Å². The Morgan fingerprint density at radius 2 is 2.00 bits per heavy atom. The molecule has 4 nitrogen and oxygen atoms in total. The summed E-state index contributed by atoms with van der Waals surface area (Å²) in [7, 11) is 0. The molecule has 120 valence electrons. The molecule has 0 atom stereocenters. The molecule has 1 aromatic rings. The van der Waals surface area contributed by atoms with Crippen LogP contribution in [0.15, 0.2) is 24.3 Å². The molecule has 1 aromatic carbocycles. The van der Waals surface area contributed by atoms with Gasteiger partial charge >= 0.3 is 5.97 Å². The minimum absolute atomic E-state index is 0.118. The van der Waals surface area contributed by atoms with Crippen LogP contribution in [0.3, 0.4) is 0 Å². The molecule has 0 N–H and O–H groups in total. The highest BCUT2D eigenvalue weighted by Gasteiger charge is 2.24. The number of ether oxygens (including phenoxy) is 1. The molecule has 1 amide bonds. The summed E-state index contributed by atoms with van der Waals surface area (Å²) in [5.41, 5.74) is 2.25. The molecular formula is C18H25NO3. The lowest BCUT2D eigenvalue weighted by molar-refractivity contribution is -0.144. The zero-order valence-corrected chi connectivity index (χ0v) is 13.5. The molecule has 1 heterocycles. The van der Waals surface area contributed by atoms with E-state index >= 15 is 0 Å². The highest BCUT2D eigenvalue weighted by molar-refractivity contribution is 5.79. The minimum Gasteiger partial charge on any atom is -0.466 e. The third-order valence-corrected chi connectivity index (χ3v) is 4.17. The van der Waals surface area contributed by atoms with Crippen molar-refractivity contribution in [2.75, 3.05) is 19.7 Å². The molecular weight excluding hydrogens is 278 g/mol. The number of likely N-dealkylation sites (tertiary alicyclic amines) is 1. The molecule has 0 spiro atoms. The number of hydrogen-bond donors (Lipinski definition) is 0. The lowest BCUT2D eigenvalue weighted by Gasteiger charge is -2.31. The molecule has 1 aliphatic rings. The summed E-state index contributed by atoms with van der Waals surface area (Å²) in [6.07, 6.45) is 2.72. The summed E-state index contributed by atoms with van der Waals surface area (Å²) in [5.74, 6) is 0.411. The van der Waals surface area contributed by atoms with Gasteiger partial charge in [-0.05, 0) is 38.2 Å². The molecule has 4 heteroatoms. The van der Waals surface area contributed by atoms with Crippen molar-refractivity contribution in [1.82, 2.24) is 4.90 Å². The molecule has 0 saturated carbocycles. The van der Waals surface area contributed by atoms with Crippen LogP contribution in [0.25, 0.3) is 0 Å². The first-order valence-electron chi connectivity index (χ1n) is 8.07. The van der Waals surface area contributed by atoms with E-state index in [-0.39, 0.29) is 11.9 Å². The van der Waals surface area contributed by atoms with Gasteiger partial charge in [-0.15, -0.1) is 0 Å². The van der Waals surface area contributed by atoms with Crippen molar-refractivity contribution in [2.24, 2.45) is 5.92 Å². The van der Waals surface area contributed by atoms with Crippen molar-refractivity contribution < 1.29 is 14.3 Å². The fourth-order valence-corrected chi connectivity index (χ4v) is 2.95. The first-order chi connectivity index (χ1) is 10.6. The molecule has 0 radical (unpaired) electrons. The summed E-state index contributed by atoms with van der Waals surface area (Å²) < 4.78 is 4.99. The van der Waals surface area contributed by atoms with E-state index in [9.17, 15) is 9.59 Å². The van der Waals surface area contributed by atoms with Gasteiger partial charge in [0.1, 0.15) is 0 Å². The second-order valence-electron chi connectivity index (χ2n) is 6.00. The van der Waals surface area contributed by atoms with E-state index in [1.165, 1.54) is 5.56 Å². The molecule has 2 rings (SSSR count). The summed E-state index contributed by atoms with van der Waals surface area (Å²) in [5, 5.41) is 0. The van der Waals surface area contributed by atoms with Crippen LogP contribution in [-0.2, 0) is 20.7 Å². The number of piperidine rings is 1. The van der Waals surface area contributed by atoms with Crippen LogP contribution in [0.2, 0.25) is 0 Å². The largest absolute Gasteiger partial charge is 0.466 e. The van der Waals surface area contributed by atoms with Gasteiger partial charge in [0.25, 0.3) is 0 Å². The highest BCUT2D eigenvalue weighted by Crippen LogP contribution is 2.21. The molecule has 0 unspecified atom stereocenters. The van der Waals surface area contributed by atoms with E-state index in [2.05, 4.69) is 6.07 Å². The Morgan fingerprint density at radius 3 is 2.64 bits per heavy atom. The van der Waals surface area contributed by atoms with Crippen LogP contribution in [-0.4, -0.2) is 36.5 Å². The molecule has 0 bridgehead atoms. The van der Waals surface area contributed by atoms with Gasteiger partial charge in [-0.25, -0.2) is 0 Å². The highest BCUT2D eigenvalue weighted by atomic mass is 16.5. The number of nitrogens with zero attached hydrogens (tertiary/aromatic N) is 1. The fourth-order valence-electron chi connectivity index (χ4n) is 2.95. The van der Waals surface area contributed by atoms with Crippen molar-refractivity contribution in [3.8, 4) is 0 Å². The lowest BCUT2D eigenvalue weighted by atomic mass is 9.93. The van der Waals surface area contributed by atoms with Crippen molar-refractivity contribution in [1.29, 1.82) is 0 Å². The van der Waals surface area contributed by atoms with Crippen molar-refractivity contribution in [3.05, 3.63) is 35.4 Å². The number of esters is 1. The van der Waals surface area contributed by atoms with Crippen LogP contribution in [0.4, 0.5) is 0 Å². The van der Waals surface area contributed by atoms with Crippen molar-refractivity contribution in [2.45, 2.75) is 39.5 Å². The second-order valence-corrected chi connectivity index (χ2v) is 6.00. The first-order valence-corrected chi connectivity index (χ1v) is 8.07. The maximum Gasteiger partial charge on any atom is 0.306 e. The third-order valence-electron chi connectivity index (χ3n) is 4.17. The van der Waals surface area contributed by atoms with E-state index in [0.717, 1.165) is 31.5 Å². The van der Waals surface area contributed by atoms with Gasteiger partial charge in [-0.1, -0.05) is 29.8 Å². The van der Waals surface area contributed by atoms with Crippen LogP contribution >= 0.6 is 0 Å². The van der Waals surface area contributed by atoms with Crippen molar-refractivity contribution in [3.63, 3.8) is 0 Å². The maximum absolute atomic E-state index is 12.3. The van der Waals surface area contributed by atoms with Gasteiger partial charge < -0.3 is 9.64 Å². The second kappa shape index (κ2) is 7.97. The minimum atomic E-state index is -0.118. The van der Waals surface area contributed by atoms with E-state index in [0.29, 0.717) is 25.4 Å². The normalized spacial score (nSPS) is 15.6. The van der Waals surface area contributed by atoms with Gasteiger partial charge in [0, 0.05) is 19.5 Å². The van der Waals surface area contributed by atoms with Gasteiger partial charge in [-0.2, -0.15) is 0 Å². The van der Waals surface area contributed by atoms with Gasteiger partial charge in [0.15, 0.2) is 0 Å². The third kappa shape index (κ3) is 4.86. The van der Waals surface area contributed by atoms with E-state index in [1.54, 1.807) is 0 Å². The summed E-state index contributed by atoms with van der Waals surface area (Å²) >= 11 is 0. The SMILES string of the molecule is CCOC(=O)CC1CCN(C(=O)Cc2cccc(C)c2)CC1. The van der Waals surface area contributed by atoms with E-state index in [1.807, 2.05) is 36.9 Å². The average Bonchev–Trinajstić information content (AvgIpc) is 2.48. The van der Waals surface area contributed by atoms with Crippen LogP contribution in [0.5, 0.6) is 0 Å². The van der Waals surface area contributed by atoms with E-state index in [4.69, 9.17) is 4.74 Å². The molecule has 1 aliphatic heterocycles. The number of carbonyl (C=O) groups is 2. The molecule has 0 aromatic heterocycles. The summed E-state index contributed by atoms with van der Waals surface area (Å²) in [6.45, 7) is 5.79. The monoisotopic (exact) mass is 303 g/mol. The lowest BCUT2D eigenvalue weighted by Crippen LogP contribution is -2.39. The Balaban J connectivity index is 1.78. The Kier molecular flexibility index (Phi) is 5.99. The molecule has 22 heavy (non-hydrogen) atoms. The van der Waals surface area contributed by atoms with E-state index < -0.39 is 0 Å². The number of carbonyl (C=O) groups excluding carboxylic acids is 2. The molecule has 0 aliphatic carbocycles. The number of rotatable bonds is 5. The van der Waals surface area contributed by atoms with Crippen LogP contribution in [0, 0.1) is 12.8 Å². The smallest absolute Gasteiger partial charge is 0.306 e. The average molecular weight is 303 g/mol. The summed E-state index contributed by atoms with van der Waals surface area (Å²) in [4.78, 5) is 25.8. The maximum atomic E-state index is 12.3. The Bertz CT molecular complexity index is 519. The zero-order chi connectivity index (χ0) is 15.9. The predicted octanol–water partition coefficient (Wildman–Crippen LogP) is 2.73. The van der Waals surface area contributed by atoms with Gasteiger partial charge in [0.2, 0.25) is 5.91 Å². The Hall–Kier alpha value is -1.84. The Labute approximate surface area is 132 Å². The number of aryl methyl sites for hydroxylation is 1. The molecule has 1 saturated heterocycles. The first kappa shape index (κ1) is 16.5. The zero-order valence-electron chi connectivity index (χ0n) is 13.5. The van der Waals surface area contributed by atoms with Gasteiger partial charge in [0.05, 0.1) is 13.0 Å². The standard InChI is InChI=1S/C18H25NO3/c1-3-22-18(21)13-15-7-9-19(10-8-15)17(20)12-16-6-4-5-14(2)11-16/h4-6,11,15H,3,7-10,12-13H2,1-2H3. The quantitative estimate of drug-likeness (QED) is 0.786.